The van der Waals surface area contributed by atoms with Crippen LogP contribution >= 0.6 is 11.3 Å². The lowest BCUT2D eigenvalue weighted by Gasteiger charge is -2.24. The van der Waals surface area contributed by atoms with Crippen molar-refractivity contribution >= 4 is 44.1 Å². The summed E-state index contributed by atoms with van der Waals surface area (Å²) in [6.45, 7) is 5.27. The zero-order valence-corrected chi connectivity index (χ0v) is 26.8. The second-order valence-electron chi connectivity index (χ2n) is 10.7. The first-order valence-corrected chi connectivity index (χ1v) is 16.0. The van der Waals surface area contributed by atoms with Crippen molar-refractivity contribution in [2.24, 2.45) is 0 Å². The normalized spacial score (nSPS) is 15.9. The second-order valence-corrected chi connectivity index (χ2v) is 11.7. The lowest BCUT2D eigenvalue weighted by molar-refractivity contribution is -0.132. The highest BCUT2D eigenvalue weighted by molar-refractivity contribution is 7.22. The van der Waals surface area contributed by atoms with Crippen LogP contribution in [0, 0.1) is 0 Å². The van der Waals surface area contributed by atoms with Gasteiger partial charge in [-0.15, -0.1) is 0 Å². The molecule has 1 fully saturated rings. The third-order valence-corrected chi connectivity index (χ3v) is 8.64. The van der Waals surface area contributed by atoms with E-state index in [1.807, 2.05) is 6.07 Å². The number of carbonyl (C=O) groups excluding carboxylic acids is 2. The molecule has 0 bridgehead atoms. The maximum atomic E-state index is 13.8. The van der Waals surface area contributed by atoms with E-state index in [1.165, 1.54) is 16.2 Å². The van der Waals surface area contributed by atoms with Gasteiger partial charge in [-0.1, -0.05) is 62.6 Å². The summed E-state index contributed by atoms with van der Waals surface area (Å²) in [6, 6.07) is 16.6. The van der Waals surface area contributed by atoms with Gasteiger partial charge in [-0.2, -0.15) is 0 Å². The number of aromatic nitrogens is 1. The Labute approximate surface area is 267 Å². The Balaban J connectivity index is 1.63. The number of aliphatic hydroxyl groups is 1. The van der Waals surface area contributed by atoms with Crippen molar-refractivity contribution in [3.8, 4) is 23.0 Å². The number of carbonyl (C=O) groups is 2. The van der Waals surface area contributed by atoms with Gasteiger partial charge in [0, 0.05) is 5.56 Å². The van der Waals surface area contributed by atoms with Crippen molar-refractivity contribution in [2.45, 2.75) is 52.0 Å². The molecule has 1 N–H and O–H groups in total. The number of hydrogen-bond acceptors (Lipinski definition) is 9. The Morgan fingerprint density at radius 3 is 2.42 bits per heavy atom. The standard InChI is InChI=1S/C35H38N2O7S/c1-5-7-9-18-44-27-16-13-22(20-28(27)42-4)31-30(32(38)23-11-10-12-25(19-23)43-17-8-6-2)33(39)34(40)37(31)35-36-26-15-14-24(41-3)21-29(26)45-35/h10-16,19-21,31,38H,5-9,17-18H2,1-4H3/b32-30+. The van der Waals surface area contributed by atoms with Gasteiger partial charge in [-0.25, -0.2) is 4.98 Å². The number of unbranched alkanes of at least 4 members (excludes halogenated alkanes) is 3. The number of ketones is 1. The van der Waals surface area contributed by atoms with Crippen molar-refractivity contribution in [3.63, 3.8) is 0 Å². The summed E-state index contributed by atoms with van der Waals surface area (Å²) in [4.78, 5) is 33.6. The minimum Gasteiger partial charge on any atom is -0.507 e. The summed E-state index contributed by atoms with van der Waals surface area (Å²) >= 11 is 1.26. The molecule has 1 aromatic heterocycles. The monoisotopic (exact) mass is 630 g/mol. The number of hydrogen-bond donors (Lipinski definition) is 1. The van der Waals surface area contributed by atoms with Gasteiger partial charge in [0.1, 0.15) is 17.3 Å². The molecule has 0 spiro atoms. The fourth-order valence-corrected chi connectivity index (χ4v) is 6.22. The Bertz CT molecular complexity index is 1710. The first kappa shape index (κ1) is 31.8. The van der Waals surface area contributed by atoms with Crippen LogP contribution in [0.5, 0.6) is 23.0 Å². The molecule has 5 rings (SSSR count). The number of aliphatic hydroxyl groups excluding tert-OH is 1. The minimum atomic E-state index is -0.986. The van der Waals surface area contributed by atoms with Crippen LogP contribution in [0.3, 0.4) is 0 Å². The van der Waals surface area contributed by atoms with Crippen LogP contribution in [0.15, 0.2) is 66.2 Å². The fourth-order valence-electron chi connectivity index (χ4n) is 5.20. The quantitative estimate of drug-likeness (QED) is 0.0654. The molecule has 3 aromatic carbocycles. The molecular weight excluding hydrogens is 592 g/mol. The molecule has 1 aliphatic heterocycles. The number of thiazole rings is 1. The van der Waals surface area contributed by atoms with Gasteiger partial charge >= 0.3 is 5.91 Å². The van der Waals surface area contributed by atoms with Crippen LogP contribution in [0.1, 0.15) is 63.1 Å². The topological polar surface area (TPSA) is 107 Å². The Morgan fingerprint density at radius 2 is 1.67 bits per heavy atom. The van der Waals surface area contributed by atoms with Gasteiger partial charge < -0.3 is 24.1 Å². The average Bonchev–Trinajstić information content (AvgIpc) is 3.60. The number of nitrogens with zero attached hydrogens (tertiary/aromatic N) is 2. The number of Topliss-reactive ketones (excluding diaryl/α,β-unsaturated/α-hetero) is 1. The van der Waals surface area contributed by atoms with Gasteiger partial charge in [-0.3, -0.25) is 14.5 Å². The van der Waals surface area contributed by atoms with Crippen LogP contribution < -0.4 is 23.8 Å². The van der Waals surface area contributed by atoms with E-state index in [2.05, 4.69) is 13.8 Å². The first-order chi connectivity index (χ1) is 21.9. The first-order valence-electron chi connectivity index (χ1n) is 15.2. The second kappa shape index (κ2) is 14.5. The van der Waals surface area contributed by atoms with Crippen LogP contribution in [0.4, 0.5) is 5.13 Å². The van der Waals surface area contributed by atoms with Crippen molar-refractivity contribution in [2.75, 3.05) is 32.3 Å². The third-order valence-electron chi connectivity index (χ3n) is 7.62. The molecule has 0 radical (unpaired) electrons. The minimum absolute atomic E-state index is 0.0544. The lowest BCUT2D eigenvalue weighted by Crippen LogP contribution is -2.29. The van der Waals surface area contributed by atoms with Gasteiger partial charge in [0.2, 0.25) is 0 Å². The van der Waals surface area contributed by atoms with Crippen LogP contribution in [0.25, 0.3) is 16.0 Å². The predicted octanol–water partition coefficient (Wildman–Crippen LogP) is 7.69. The van der Waals surface area contributed by atoms with E-state index in [0.717, 1.165) is 36.8 Å². The number of ether oxygens (including phenoxy) is 4. The van der Waals surface area contributed by atoms with Crippen molar-refractivity contribution < 1.29 is 33.6 Å². The molecular formula is C35H38N2O7S. The van der Waals surface area contributed by atoms with Crippen LogP contribution in [0.2, 0.25) is 0 Å². The van der Waals surface area contributed by atoms with Crippen LogP contribution in [-0.4, -0.2) is 49.2 Å². The highest BCUT2D eigenvalue weighted by Gasteiger charge is 2.48. The highest BCUT2D eigenvalue weighted by atomic mass is 32.1. The number of amides is 1. The van der Waals surface area contributed by atoms with E-state index >= 15 is 0 Å². The molecule has 1 aliphatic rings. The summed E-state index contributed by atoms with van der Waals surface area (Å²) in [6.07, 6.45) is 4.90. The molecule has 9 nitrogen and oxygen atoms in total. The summed E-state index contributed by atoms with van der Waals surface area (Å²) < 4.78 is 23.7. The van der Waals surface area contributed by atoms with E-state index in [0.29, 0.717) is 58.0 Å². The molecule has 1 atom stereocenters. The average molecular weight is 631 g/mol. The predicted molar refractivity (Wildman–Crippen MR) is 176 cm³/mol. The molecule has 0 saturated carbocycles. The van der Waals surface area contributed by atoms with E-state index in [1.54, 1.807) is 68.8 Å². The molecule has 2 heterocycles. The Morgan fingerprint density at radius 1 is 0.867 bits per heavy atom. The summed E-state index contributed by atoms with van der Waals surface area (Å²) in [5.74, 6) is 0.310. The van der Waals surface area contributed by atoms with Gasteiger partial charge in [0.05, 0.1) is 49.3 Å². The van der Waals surface area contributed by atoms with Gasteiger partial charge in [0.25, 0.3) is 5.78 Å². The smallest absolute Gasteiger partial charge is 0.301 e. The zero-order valence-electron chi connectivity index (χ0n) is 26.0. The number of rotatable bonds is 14. The number of fused-ring (bicyclic) bond motifs is 1. The number of anilines is 1. The fraction of sp³-hybridized carbons (Fsp3) is 0.343. The Hall–Kier alpha value is -4.57. The SMILES string of the molecule is CCCCCOc1ccc(C2/C(=C(\O)c3cccc(OCCCC)c3)C(=O)C(=O)N2c2nc3ccc(OC)cc3s2)cc1OC. The number of benzene rings is 3. The van der Waals surface area contributed by atoms with Gasteiger partial charge in [-0.05, 0) is 60.9 Å². The summed E-state index contributed by atoms with van der Waals surface area (Å²) in [7, 11) is 3.12. The van der Waals surface area contributed by atoms with E-state index < -0.39 is 17.7 Å². The number of methoxy groups -OCH3 is 2. The van der Waals surface area contributed by atoms with E-state index in [9.17, 15) is 14.7 Å². The molecule has 1 amide bonds. The molecule has 1 saturated heterocycles. The van der Waals surface area contributed by atoms with Gasteiger partial charge in [0.15, 0.2) is 16.6 Å². The summed E-state index contributed by atoms with van der Waals surface area (Å²) in [5.41, 5.74) is 1.52. The van der Waals surface area contributed by atoms with Crippen molar-refractivity contribution in [1.29, 1.82) is 0 Å². The molecule has 10 heteroatoms. The molecule has 45 heavy (non-hydrogen) atoms. The zero-order chi connectivity index (χ0) is 31.9. The van der Waals surface area contributed by atoms with E-state index in [4.69, 9.17) is 23.9 Å². The molecule has 1 unspecified atom stereocenters. The maximum Gasteiger partial charge on any atom is 0.301 e. The lowest BCUT2D eigenvalue weighted by atomic mass is 9.95. The maximum absolute atomic E-state index is 13.8. The highest BCUT2D eigenvalue weighted by Crippen LogP contribution is 2.46. The Kier molecular flexibility index (Phi) is 10.2. The van der Waals surface area contributed by atoms with Crippen LogP contribution in [-0.2, 0) is 9.59 Å². The van der Waals surface area contributed by atoms with Crippen molar-refractivity contribution in [3.05, 3.63) is 77.4 Å². The molecule has 0 aliphatic carbocycles. The van der Waals surface area contributed by atoms with Crippen molar-refractivity contribution in [1.82, 2.24) is 4.98 Å². The molecule has 236 valence electrons. The summed E-state index contributed by atoms with van der Waals surface area (Å²) in [5, 5.41) is 12.0. The van der Waals surface area contributed by atoms with E-state index in [-0.39, 0.29) is 11.3 Å². The largest absolute Gasteiger partial charge is 0.507 e. The molecule has 4 aromatic rings. The third kappa shape index (κ3) is 6.76.